The minimum Gasteiger partial charge on any atom is -0.353 e. The van der Waals surface area contributed by atoms with E-state index in [0.29, 0.717) is 44.1 Å². The highest BCUT2D eigenvalue weighted by Gasteiger charge is 2.30. The zero-order chi connectivity index (χ0) is 20.9. The van der Waals surface area contributed by atoms with E-state index >= 15 is 0 Å². The van der Waals surface area contributed by atoms with Crippen LogP contribution in [0.4, 0.5) is 5.69 Å². The minimum atomic E-state index is -3.56. The molecule has 1 aliphatic heterocycles. The van der Waals surface area contributed by atoms with Crippen molar-refractivity contribution >= 4 is 27.5 Å². The van der Waals surface area contributed by atoms with E-state index in [1.165, 1.54) is 42.6 Å². The van der Waals surface area contributed by atoms with Gasteiger partial charge in [-0.1, -0.05) is 19.3 Å². The summed E-state index contributed by atoms with van der Waals surface area (Å²) >= 11 is 0. The first-order valence-electron chi connectivity index (χ1n) is 10.5. The largest absolute Gasteiger partial charge is 0.353 e. The first-order chi connectivity index (χ1) is 13.8. The molecule has 2 fully saturated rings. The van der Waals surface area contributed by atoms with Crippen LogP contribution in [0.15, 0.2) is 29.2 Å². The number of hydrogen-bond acceptors (Lipinski definition) is 4. The van der Waals surface area contributed by atoms with E-state index in [1.807, 2.05) is 0 Å². The van der Waals surface area contributed by atoms with Gasteiger partial charge >= 0.3 is 0 Å². The highest BCUT2D eigenvalue weighted by atomic mass is 32.2. The Balaban J connectivity index is 1.50. The van der Waals surface area contributed by atoms with E-state index in [-0.39, 0.29) is 22.6 Å². The molecule has 8 heteroatoms. The van der Waals surface area contributed by atoms with Crippen LogP contribution in [0.25, 0.3) is 0 Å². The van der Waals surface area contributed by atoms with Crippen LogP contribution in [-0.2, 0) is 19.6 Å². The number of hydrogen-bond donors (Lipinski definition) is 2. The van der Waals surface area contributed by atoms with Crippen LogP contribution >= 0.6 is 0 Å². The summed E-state index contributed by atoms with van der Waals surface area (Å²) in [5.74, 6) is 0.133. The number of sulfonamides is 1. The van der Waals surface area contributed by atoms with Crippen molar-refractivity contribution in [3.05, 3.63) is 24.3 Å². The number of nitrogens with zero attached hydrogens (tertiary/aromatic N) is 1. The average molecular weight is 422 g/mol. The topological polar surface area (TPSA) is 95.6 Å². The van der Waals surface area contributed by atoms with Crippen molar-refractivity contribution in [1.29, 1.82) is 0 Å². The third-order valence-corrected chi connectivity index (χ3v) is 7.74. The lowest BCUT2D eigenvalue weighted by Crippen LogP contribution is -2.41. The van der Waals surface area contributed by atoms with Gasteiger partial charge in [0, 0.05) is 38.2 Å². The molecule has 0 aromatic heterocycles. The summed E-state index contributed by atoms with van der Waals surface area (Å²) in [6.45, 7) is 2.26. The minimum absolute atomic E-state index is 0.103. The smallest absolute Gasteiger partial charge is 0.243 e. The Hall–Kier alpha value is -1.93. The fraction of sp³-hybridized carbons (Fsp3) is 0.619. The highest BCUT2D eigenvalue weighted by Crippen LogP contribution is 2.27. The van der Waals surface area contributed by atoms with Crippen molar-refractivity contribution in [3.63, 3.8) is 0 Å². The summed E-state index contributed by atoms with van der Waals surface area (Å²) in [4.78, 5) is 23.6. The van der Waals surface area contributed by atoms with E-state index < -0.39 is 10.0 Å². The lowest BCUT2D eigenvalue weighted by molar-refractivity contribution is -0.123. The maximum atomic E-state index is 12.9. The molecular weight excluding hydrogens is 390 g/mol. The third kappa shape index (κ3) is 6.02. The van der Waals surface area contributed by atoms with Crippen LogP contribution in [0, 0.1) is 5.92 Å². The SMILES string of the molecule is CC(=O)Nc1ccc(S(=O)(=O)N2CCC(CC(=O)NC3CCCCC3)CC2)cc1. The van der Waals surface area contributed by atoms with Gasteiger partial charge in [0.1, 0.15) is 0 Å². The second-order valence-electron chi connectivity index (χ2n) is 8.16. The summed E-state index contributed by atoms with van der Waals surface area (Å²) in [6, 6.07) is 6.54. The number of piperidine rings is 1. The van der Waals surface area contributed by atoms with Crippen LogP contribution in [0.3, 0.4) is 0 Å². The molecule has 0 atom stereocenters. The first-order valence-corrected chi connectivity index (χ1v) is 12.0. The second-order valence-corrected chi connectivity index (χ2v) is 10.1. The summed E-state index contributed by atoms with van der Waals surface area (Å²) < 4.78 is 27.2. The Labute approximate surface area is 173 Å². The van der Waals surface area contributed by atoms with Crippen LogP contribution in [0.5, 0.6) is 0 Å². The number of benzene rings is 1. The highest BCUT2D eigenvalue weighted by molar-refractivity contribution is 7.89. The van der Waals surface area contributed by atoms with Crippen molar-refractivity contribution in [2.24, 2.45) is 5.92 Å². The molecule has 1 saturated carbocycles. The van der Waals surface area contributed by atoms with Gasteiger partial charge in [0.15, 0.2) is 0 Å². The lowest BCUT2D eigenvalue weighted by atomic mass is 9.92. The standard InChI is InChI=1S/C21H31N3O4S/c1-16(25)22-19-7-9-20(10-8-19)29(27,28)24-13-11-17(12-14-24)15-21(26)23-18-5-3-2-4-6-18/h7-10,17-18H,2-6,11-15H2,1H3,(H,22,25)(H,23,26). The summed E-state index contributed by atoms with van der Waals surface area (Å²) in [5.41, 5.74) is 0.569. The van der Waals surface area contributed by atoms with E-state index in [4.69, 9.17) is 0 Å². The molecule has 1 saturated heterocycles. The third-order valence-electron chi connectivity index (χ3n) is 5.83. The van der Waals surface area contributed by atoms with E-state index in [1.54, 1.807) is 12.1 Å². The fourth-order valence-corrected chi connectivity index (χ4v) is 5.68. The molecule has 7 nitrogen and oxygen atoms in total. The summed E-state index contributed by atoms with van der Waals surface area (Å²) in [7, 11) is -3.56. The van der Waals surface area contributed by atoms with E-state index in [9.17, 15) is 18.0 Å². The molecule has 1 aromatic carbocycles. The van der Waals surface area contributed by atoms with E-state index in [2.05, 4.69) is 10.6 Å². The molecule has 29 heavy (non-hydrogen) atoms. The maximum Gasteiger partial charge on any atom is 0.243 e. The van der Waals surface area contributed by atoms with Crippen LogP contribution in [-0.4, -0.2) is 43.7 Å². The molecule has 3 rings (SSSR count). The lowest BCUT2D eigenvalue weighted by Gasteiger charge is -2.31. The number of nitrogens with one attached hydrogen (secondary N) is 2. The van der Waals surface area contributed by atoms with Crippen molar-refractivity contribution in [1.82, 2.24) is 9.62 Å². The van der Waals surface area contributed by atoms with Gasteiger partial charge in [0.05, 0.1) is 4.90 Å². The Morgan fingerprint density at radius 2 is 1.62 bits per heavy atom. The van der Waals surface area contributed by atoms with Gasteiger partial charge in [-0.05, 0) is 55.9 Å². The predicted octanol–water partition coefficient (Wildman–Crippen LogP) is 2.88. The molecule has 0 unspecified atom stereocenters. The summed E-state index contributed by atoms with van der Waals surface area (Å²) in [5, 5.41) is 5.78. The quantitative estimate of drug-likeness (QED) is 0.738. The number of carbonyl (C=O) groups is 2. The number of amides is 2. The predicted molar refractivity (Wildman–Crippen MR) is 112 cm³/mol. The zero-order valence-corrected chi connectivity index (χ0v) is 17.8. The molecule has 1 aromatic rings. The molecule has 0 spiro atoms. The van der Waals surface area contributed by atoms with Crippen molar-refractivity contribution in [3.8, 4) is 0 Å². The van der Waals surface area contributed by atoms with Crippen LogP contribution in [0.2, 0.25) is 0 Å². The van der Waals surface area contributed by atoms with Crippen LogP contribution < -0.4 is 10.6 Å². The van der Waals surface area contributed by atoms with Crippen molar-refractivity contribution in [2.45, 2.75) is 69.2 Å². The van der Waals surface area contributed by atoms with Crippen molar-refractivity contribution < 1.29 is 18.0 Å². The van der Waals surface area contributed by atoms with Gasteiger partial charge in [-0.2, -0.15) is 4.31 Å². The number of carbonyl (C=O) groups excluding carboxylic acids is 2. The van der Waals surface area contributed by atoms with Gasteiger partial charge in [-0.3, -0.25) is 9.59 Å². The molecular formula is C21H31N3O4S. The van der Waals surface area contributed by atoms with Crippen molar-refractivity contribution in [2.75, 3.05) is 18.4 Å². The molecule has 1 aliphatic carbocycles. The van der Waals surface area contributed by atoms with Gasteiger partial charge in [0.25, 0.3) is 0 Å². The van der Waals surface area contributed by atoms with E-state index in [0.717, 1.165) is 12.8 Å². The summed E-state index contributed by atoms with van der Waals surface area (Å²) in [6.07, 6.45) is 7.65. The fourth-order valence-electron chi connectivity index (χ4n) is 4.21. The molecule has 0 radical (unpaired) electrons. The Morgan fingerprint density at radius 1 is 1.00 bits per heavy atom. The second kappa shape index (κ2) is 9.71. The average Bonchev–Trinajstić information content (AvgIpc) is 2.69. The number of rotatable bonds is 6. The molecule has 0 bridgehead atoms. The Morgan fingerprint density at radius 3 is 2.21 bits per heavy atom. The normalized spacial score (nSPS) is 19.6. The number of anilines is 1. The van der Waals surface area contributed by atoms with Crippen LogP contribution in [0.1, 0.15) is 58.3 Å². The van der Waals surface area contributed by atoms with Gasteiger partial charge in [-0.15, -0.1) is 0 Å². The first kappa shape index (κ1) is 21.8. The molecule has 2 N–H and O–H groups in total. The molecule has 1 heterocycles. The van der Waals surface area contributed by atoms with Gasteiger partial charge in [0.2, 0.25) is 21.8 Å². The Bertz CT molecular complexity index is 809. The maximum absolute atomic E-state index is 12.9. The molecule has 2 aliphatic rings. The van der Waals surface area contributed by atoms with Gasteiger partial charge in [-0.25, -0.2) is 8.42 Å². The molecule has 160 valence electrons. The molecule has 2 amide bonds. The van der Waals surface area contributed by atoms with Gasteiger partial charge < -0.3 is 10.6 Å². The monoisotopic (exact) mass is 421 g/mol. The Kier molecular flexibility index (Phi) is 7.29. The zero-order valence-electron chi connectivity index (χ0n) is 17.0.